The molecule has 0 atom stereocenters. The quantitative estimate of drug-likeness (QED) is 0.324. The van der Waals surface area contributed by atoms with Crippen molar-refractivity contribution in [3.63, 3.8) is 0 Å². The number of halogens is 1. The molecule has 5 rings (SSSR count). The van der Waals surface area contributed by atoms with Gasteiger partial charge in [-0.25, -0.2) is 19.2 Å². The Morgan fingerprint density at radius 2 is 1.77 bits per heavy atom. The summed E-state index contributed by atoms with van der Waals surface area (Å²) in [4.78, 5) is 25.1. The Balaban J connectivity index is 1.28. The predicted octanol–water partition coefficient (Wildman–Crippen LogP) is 6.09. The lowest BCUT2D eigenvalue weighted by atomic mass is 10.0. The number of anilines is 3. The van der Waals surface area contributed by atoms with E-state index in [1.165, 1.54) is 6.20 Å². The molecule has 1 aliphatic rings. The van der Waals surface area contributed by atoms with Crippen molar-refractivity contribution in [2.75, 3.05) is 36.4 Å². The SMILES string of the molecule is CC(C)c1c2cc(-c3cc(Nc4ccc(N5CCN(C(=O)OC(C)(C)C)CC5)nc4)ncc3F)ccc2nn1C. The van der Waals surface area contributed by atoms with Gasteiger partial charge in [0.05, 0.1) is 23.6 Å². The number of amides is 1. The monoisotopic (exact) mass is 545 g/mol. The van der Waals surface area contributed by atoms with Gasteiger partial charge < -0.3 is 19.9 Å². The molecule has 0 aliphatic carbocycles. The van der Waals surface area contributed by atoms with Crippen LogP contribution in [0.15, 0.2) is 48.8 Å². The van der Waals surface area contributed by atoms with E-state index >= 15 is 0 Å². The number of carbonyl (C=O) groups excluding carboxylic acids is 1. The van der Waals surface area contributed by atoms with Crippen LogP contribution >= 0.6 is 0 Å². The number of pyridine rings is 2. The van der Waals surface area contributed by atoms with Crippen LogP contribution in [0.25, 0.3) is 22.0 Å². The first-order valence-electron chi connectivity index (χ1n) is 13.6. The fraction of sp³-hybridized carbons (Fsp3) is 0.400. The van der Waals surface area contributed by atoms with E-state index in [4.69, 9.17) is 4.74 Å². The van der Waals surface area contributed by atoms with Crippen molar-refractivity contribution in [1.82, 2.24) is 24.6 Å². The minimum absolute atomic E-state index is 0.286. The summed E-state index contributed by atoms with van der Waals surface area (Å²) in [7, 11) is 1.94. The Labute approximate surface area is 234 Å². The number of fused-ring (bicyclic) bond motifs is 1. The topological polar surface area (TPSA) is 88.4 Å². The van der Waals surface area contributed by atoms with Gasteiger partial charge in [-0.2, -0.15) is 5.10 Å². The molecule has 1 saturated heterocycles. The highest BCUT2D eigenvalue weighted by atomic mass is 19.1. The van der Waals surface area contributed by atoms with Crippen LogP contribution in [0.5, 0.6) is 0 Å². The Morgan fingerprint density at radius 3 is 2.42 bits per heavy atom. The molecular weight excluding hydrogens is 509 g/mol. The van der Waals surface area contributed by atoms with E-state index in [1.54, 1.807) is 17.2 Å². The van der Waals surface area contributed by atoms with Crippen LogP contribution in [-0.4, -0.2) is 62.5 Å². The van der Waals surface area contributed by atoms with Crippen molar-refractivity contribution in [2.24, 2.45) is 7.05 Å². The maximum atomic E-state index is 14.9. The largest absolute Gasteiger partial charge is 0.444 e. The minimum atomic E-state index is -0.511. The first kappa shape index (κ1) is 27.4. The van der Waals surface area contributed by atoms with Crippen LogP contribution in [0, 0.1) is 5.82 Å². The number of rotatable bonds is 5. The van der Waals surface area contributed by atoms with Crippen LogP contribution in [0.1, 0.15) is 46.2 Å². The molecule has 1 aromatic carbocycles. The summed E-state index contributed by atoms with van der Waals surface area (Å²) in [5, 5.41) is 8.86. The second kappa shape index (κ2) is 10.7. The van der Waals surface area contributed by atoms with E-state index in [-0.39, 0.29) is 17.8 Å². The number of aromatic nitrogens is 4. The molecule has 0 saturated carbocycles. The molecule has 0 radical (unpaired) electrons. The second-order valence-electron chi connectivity index (χ2n) is 11.4. The minimum Gasteiger partial charge on any atom is -0.444 e. The second-order valence-corrected chi connectivity index (χ2v) is 11.4. The molecule has 40 heavy (non-hydrogen) atoms. The third-order valence-electron chi connectivity index (χ3n) is 6.87. The van der Waals surface area contributed by atoms with Gasteiger partial charge in [0, 0.05) is 49.9 Å². The van der Waals surface area contributed by atoms with E-state index < -0.39 is 5.60 Å². The molecule has 3 aromatic heterocycles. The number of nitrogens with zero attached hydrogens (tertiary/aromatic N) is 6. The molecule has 1 N–H and O–H groups in total. The zero-order chi connectivity index (χ0) is 28.6. The first-order valence-corrected chi connectivity index (χ1v) is 13.6. The van der Waals surface area contributed by atoms with E-state index in [2.05, 4.69) is 39.1 Å². The van der Waals surface area contributed by atoms with Crippen LogP contribution < -0.4 is 10.2 Å². The highest BCUT2D eigenvalue weighted by molar-refractivity contribution is 5.87. The van der Waals surface area contributed by atoms with Gasteiger partial charge in [-0.15, -0.1) is 0 Å². The molecule has 1 amide bonds. The first-order chi connectivity index (χ1) is 19.0. The smallest absolute Gasteiger partial charge is 0.410 e. The summed E-state index contributed by atoms with van der Waals surface area (Å²) < 4.78 is 22.3. The van der Waals surface area contributed by atoms with E-state index in [9.17, 15) is 9.18 Å². The number of piperazine rings is 1. The highest BCUT2D eigenvalue weighted by Gasteiger charge is 2.26. The Kier molecular flexibility index (Phi) is 7.35. The number of ether oxygens (including phenoxy) is 1. The summed E-state index contributed by atoms with van der Waals surface area (Å²) >= 11 is 0. The van der Waals surface area contributed by atoms with E-state index in [1.807, 2.05) is 62.8 Å². The molecule has 10 heteroatoms. The maximum absolute atomic E-state index is 14.9. The Bertz CT molecular complexity index is 1520. The van der Waals surface area contributed by atoms with Gasteiger partial charge in [-0.1, -0.05) is 19.9 Å². The lowest BCUT2D eigenvalue weighted by molar-refractivity contribution is 0.0240. The van der Waals surface area contributed by atoms with Gasteiger partial charge in [-0.3, -0.25) is 4.68 Å². The molecule has 9 nitrogen and oxygen atoms in total. The van der Waals surface area contributed by atoms with E-state index in [0.29, 0.717) is 37.6 Å². The van der Waals surface area contributed by atoms with Crippen molar-refractivity contribution in [3.05, 3.63) is 60.3 Å². The number of nitrogens with one attached hydrogen (secondary N) is 1. The number of hydrogen-bond donors (Lipinski definition) is 1. The van der Waals surface area contributed by atoms with Gasteiger partial charge in [0.2, 0.25) is 0 Å². The summed E-state index contributed by atoms with van der Waals surface area (Å²) in [6.45, 7) is 12.3. The molecule has 210 valence electrons. The van der Waals surface area contributed by atoms with Crippen molar-refractivity contribution in [1.29, 1.82) is 0 Å². The number of benzene rings is 1. The maximum Gasteiger partial charge on any atom is 0.410 e. The fourth-order valence-electron chi connectivity index (χ4n) is 5.04. The summed E-state index contributed by atoms with van der Waals surface area (Å²) in [6.07, 6.45) is 2.68. The third-order valence-corrected chi connectivity index (χ3v) is 6.87. The van der Waals surface area contributed by atoms with Crippen molar-refractivity contribution >= 4 is 34.3 Å². The van der Waals surface area contributed by atoms with Gasteiger partial charge in [0.15, 0.2) is 0 Å². The van der Waals surface area contributed by atoms with Crippen LogP contribution in [0.3, 0.4) is 0 Å². The summed E-state index contributed by atoms with van der Waals surface area (Å²) in [5.74, 6) is 1.24. The van der Waals surface area contributed by atoms with Crippen molar-refractivity contribution in [2.45, 2.75) is 46.1 Å². The number of carbonyl (C=O) groups is 1. The summed E-state index contributed by atoms with van der Waals surface area (Å²) in [5.41, 5.74) is 3.46. The molecule has 1 fully saturated rings. The number of hydrogen-bond acceptors (Lipinski definition) is 7. The van der Waals surface area contributed by atoms with Gasteiger partial charge in [-0.05, 0) is 62.6 Å². The Morgan fingerprint density at radius 1 is 1.02 bits per heavy atom. The van der Waals surface area contributed by atoms with Gasteiger partial charge >= 0.3 is 6.09 Å². The molecule has 1 aliphatic heterocycles. The molecular formula is C30H36FN7O2. The zero-order valence-corrected chi connectivity index (χ0v) is 23.9. The predicted molar refractivity (Wildman–Crippen MR) is 156 cm³/mol. The molecule has 0 bridgehead atoms. The standard InChI is InChI=1S/C30H36FN7O2/c1-19(2)28-23-15-20(7-9-25(23)35-36(28)6)22-16-26(32-18-24(22)31)34-21-8-10-27(33-17-21)37-11-13-38(14-12-37)29(39)40-30(3,4)5/h7-10,15-19H,11-14H2,1-6H3,(H,32,34). The lowest BCUT2D eigenvalue weighted by Crippen LogP contribution is -2.50. The molecule has 0 spiro atoms. The molecule has 4 heterocycles. The third kappa shape index (κ3) is 5.85. The van der Waals surface area contributed by atoms with Crippen LogP contribution in [0.2, 0.25) is 0 Å². The van der Waals surface area contributed by atoms with Gasteiger partial charge in [0.1, 0.15) is 23.1 Å². The lowest BCUT2D eigenvalue weighted by Gasteiger charge is -2.36. The average Bonchev–Trinajstić information content (AvgIpc) is 3.24. The van der Waals surface area contributed by atoms with Crippen molar-refractivity contribution in [3.8, 4) is 11.1 Å². The average molecular weight is 546 g/mol. The zero-order valence-electron chi connectivity index (χ0n) is 23.9. The highest BCUT2D eigenvalue weighted by Crippen LogP contribution is 2.32. The molecule has 4 aromatic rings. The van der Waals surface area contributed by atoms with Crippen molar-refractivity contribution < 1.29 is 13.9 Å². The normalized spacial score (nSPS) is 14.2. The van der Waals surface area contributed by atoms with Crippen LogP contribution in [-0.2, 0) is 11.8 Å². The Hall–Kier alpha value is -4.21. The number of aryl methyl sites for hydroxylation is 1. The van der Waals surface area contributed by atoms with Gasteiger partial charge in [0.25, 0.3) is 0 Å². The summed E-state index contributed by atoms with van der Waals surface area (Å²) in [6, 6.07) is 11.4. The fourth-order valence-corrected chi connectivity index (χ4v) is 5.04. The van der Waals surface area contributed by atoms with Crippen LogP contribution in [0.4, 0.5) is 26.5 Å². The molecule has 0 unspecified atom stereocenters. The van der Waals surface area contributed by atoms with E-state index in [0.717, 1.165) is 33.7 Å².